The zero-order valence-corrected chi connectivity index (χ0v) is 11.0. The average molecular weight is 256 g/mol. The lowest BCUT2D eigenvalue weighted by molar-refractivity contribution is -0.140. The van der Waals surface area contributed by atoms with Crippen molar-refractivity contribution in [3.63, 3.8) is 0 Å². The van der Waals surface area contributed by atoms with E-state index in [1.807, 2.05) is 0 Å². The van der Waals surface area contributed by atoms with Crippen molar-refractivity contribution in [1.82, 2.24) is 10.6 Å². The lowest BCUT2D eigenvalue weighted by Crippen LogP contribution is -2.74. The second-order valence-electron chi connectivity index (χ2n) is 6.22. The Hall–Kier alpha value is -0.650. The summed E-state index contributed by atoms with van der Waals surface area (Å²) in [6.07, 6.45) is 4.30. The van der Waals surface area contributed by atoms with Crippen LogP contribution in [0.1, 0.15) is 39.0 Å². The average Bonchev–Trinajstić information content (AvgIpc) is 2.25. The number of rotatable bonds is 5. The van der Waals surface area contributed by atoms with Gasteiger partial charge in [0.2, 0.25) is 0 Å². The van der Waals surface area contributed by atoms with Gasteiger partial charge >= 0.3 is 5.97 Å². The quantitative estimate of drug-likeness (QED) is 0.570. The van der Waals surface area contributed by atoms with E-state index in [2.05, 4.69) is 17.6 Å². The van der Waals surface area contributed by atoms with E-state index in [9.17, 15) is 9.90 Å². The summed E-state index contributed by atoms with van der Waals surface area (Å²) < 4.78 is 0. The molecule has 5 heteroatoms. The molecule has 4 N–H and O–H groups in total. The van der Waals surface area contributed by atoms with Gasteiger partial charge < -0.3 is 20.8 Å². The Morgan fingerprint density at radius 3 is 2.61 bits per heavy atom. The number of carbonyl (C=O) groups is 1. The molecule has 2 atom stereocenters. The molecule has 1 aliphatic heterocycles. The third-order valence-corrected chi connectivity index (χ3v) is 4.34. The monoisotopic (exact) mass is 256 g/mol. The highest BCUT2D eigenvalue weighted by atomic mass is 16.4. The standard InChI is InChI=1S/C13H24N2O3/c1-10-3-2-4-12(5-10,9-16)15-13(6-11(17)18)7-14-8-13/h10,14-16H,2-9H2,1H3,(H,17,18). The van der Waals surface area contributed by atoms with Crippen LogP contribution in [0.4, 0.5) is 0 Å². The van der Waals surface area contributed by atoms with Crippen molar-refractivity contribution >= 4 is 5.97 Å². The molecular formula is C13H24N2O3. The first kappa shape index (κ1) is 13.8. The van der Waals surface area contributed by atoms with Crippen molar-refractivity contribution in [3.05, 3.63) is 0 Å². The van der Waals surface area contributed by atoms with Gasteiger partial charge in [-0.3, -0.25) is 4.79 Å². The van der Waals surface area contributed by atoms with Crippen molar-refractivity contribution in [2.75, 3.05) is 19.7 Å². The van der Waals surface area contributed by atoms with Gasteiger partial charge in [-0.25, -0.2) is 0 Å². The molecule has 1 saturated heterocycles. The number of aliphatic hydroxyl groups is 1. The van der Waals surface area contributed by atoms with Crippen molar-refractivity contribution in [1.29, 1.82) is 0 Å². The van der Waals surface area contributed by atoms with E-state index in [4.69, 9.17) is 5.11 Å². The number of aliphatic hydroxyl groups excluding tert-OH is 1. The van der Waals surface area contributed by atoms with Gasteiger partial charge in [0.1, 0.15) is 0 Å². The Balaban J connectivity index is 2.06. The zero-order chi connectivity index (χ0) is 13.2. The lowest BCUT2D eigenvalue weighted by Gasteiger charge is -2.51. The molecule has 2 rings (SSSR count). The number of aliphatic carboxylic acids is 1. The largest absolute Gasteiger partial charge is 0.481 e. The molecule has 2 fully saturated rings. The molecule has 2 unspecified atom stereocenters. The Kier molecular flexibility index (Phi) is 3.94. The van der Waals surface area contributed by atoms with E-state index in [1.165, 1.54) is 6.42 Å². The van der Waals surface area contributed by atoms with Crippen molar-refractivity contribution in [2.45, 2.75) is 50.1 Å². The van der Waals surface area contributed by atoms with Crippen LogP contribution in [0.25, 0.3) is 0 Å². The number of carboxylic acids is 1. The van der Waals surface area contributed by atoms with E-state index >= 15 is 0 Å². The third-order valence-electron chi connectivity index (χ3n) is 4.34. The second-order valence-corrected chi connectivity index (χ2v) is 6.22. The van der Waals surface area contributed by atoms with E-state index in [0.29, 0.717) is 19.0 Å². The predicted octanol–water partition coefficient (Wildman–Crippen LogP) is 0.334. The van der Waals surface area contributed by atoms with Crippen molar-refractivity contribution in [3.8, 4) is 0 Å². The van der Waals surface area contributed by atoms with Crippen LogP contribution in [0.3, 0.4) is 0 Å². The molecule has 0 bridgehead atoms. The molecule has 0 spiro atoms. The van der Waals surface area contributed by atoms with Crippen LogP contribution in [-0.4, -0.2) is 47.0 Å². The van der Waals surface area contributed by atoms with Gasteiger partial charge in [0.05, 0.1) is 18.6 Å². The molecule has 1 saturated carbocycles. The van der Waals surface area contributed by atoms with Crippen LogP contribution in [0.5, 0.6) is 0 Å². The summed E-state index contributed by atoms with van der Waals surface area (Å²) >= 11 is 0. The summed E-state index contributed by atoms with van der Waals surface area (Å²) in [5.41, 5.74) is -0.652. The predicted molar refractivity (Wildman–Crippen MR) is 68.4 cm³/mol. The number of hydrogen-bond acceptors (Lipinski definition) is 4. The summed E-state index contributed by atoms with van der Waals surface area (Å²) in [4.78, 5) is 11.0. The third kappa shape index (κ3) is 2.84. The maximum atomic E-state index is 11.0. The molecule has 2 aliphatic rings. The van der Waals surface area contributed by atoms with E-state index in [0.717, 1.165) is 19.3 Å². The van der Waals surface area contributed by atoms with Gasteiger partial charge in [0.25, 0.3) is 0 Å². The van der Waals surface area contributed by atoms with Crippen LogP contribution in [-0.2, 0) is 4.79 Å². The van der Waals surface area contributed by atoms with Crippen molar-refractivity contribution < 1.29 is 15.0 Å². The van der Waals surface area contributed by atoms with E-state index in [-0.39, 0.29) is 24.1 Å². The van der Waals surface area contributed by atoms with E-state index < -0.39 is 5.97 Å². The second kappa shape index (κ2) is 5.15. The minimum atomic E-state index is -0.777. The molecule has 104 valence electrons. The first-order chi connectivity index (χ1) is 8.49. The molecule has 5 nitrogen and oxygen atoms in total. The van der Waals surface area contributed by atoms with Gasteiger partial charge in [0.15, 0.2) is 0 Å². The summed E-state index contributed by atoms with van der Waals surface area (Å²) in [6, 6.07) is 0. The summed E-state index contributed by atoms with van der Waals surface area (Å²) in [5.74, 6) is -0.186. The summed E-state index contributed by atoms with van der Waals surface area (Å²) in [5, 5.41) is 25.4. The lowest BCUT2D eigenvalue weighted by atomic mass is 9.74. The Labute approximate surface area is 108 Å². The maximum absolute atomic E-state index is 11.0. The summed E-state index contributed by atoms with van der Waals surface area (Å²) in [7, 11) is 0. The number of nitrogens with one attached hydrogen (secondary N) is 2. The molecule has 0 radical (unpaired) electrons. The topological polar surface area (TPSA) is 81.6 Å². The van der Waals surface area contributed by atoms with Gasteiger partial charge in [-0.2, -0.15) is 0 Å². The molecule has 0 aromatic carbocycles. The molecule has 1 aliphatic carbocycles. The minimum absolute atomic E-state index is 0.0959. The highest BCUT2D eigenvalue weighted by Gasteiger charge is 2.46. The smallest absolute Gasteiger partial charge is 0.305 e. The fourth-order valence-electron chi connectivity index (χ4n) is 3.49. The molecular weight excluding hydrogens is 232 g/mol. The van der Waals surface area contributed by atoms with Gasteiger partial charge in [-0.05, 0) is 18.8 Å². The Morgan fingerprint density at radius 2 is 2.17 bits per heavy atom. The van der Waals surface area contributed by atoms with Crippen LogP contribution >= 0.6 is 0 Å². The minimum Gasteiger partial charge on any atom is -0.481 e. The fourth-order valence-corrected chi connectivity index (χ4v) is 3.49. The van der Waals surface area contributed by atoms with Crippen LogP contribution in [0, 0.1) is 5.92 Å². The molecule has 1 heterocycles. The first-order valence-electron chi connectivity index (χ1n) is 6.82. The SMILES string of the molecule is CC1CCCC(CO)(NC2(CC(=O)O)CNC2)C1. The van der Waals surface area contributed by atoms with Gasteiger partial charge in [0, 0.05) is 18.6 Å². The molecule has 0 aromatic heterocycles. The normalized spacial score (nSPS) is 34.9. The highest BCUT2D eigenvalue weighted by molar-refractivity contribution is 5.69. The van der Waals surface area contributed by atoms with E-state index in [1.54, 1.807) is 0 Å². The van der Waals surface area contributed by atoms with Gasteiger partial charge in [-0.15, -0.1) is 0 Å². The molecule has 0 aromatic rings. The zero-order valence-electron chi connectivity index (χ0n) is 11.0. The summed E-state index contributed by atoms with van der Waals surface area (Å²) in [6.45, 7) is 3.65. The fraction of sp³-hybridized carbons (Fsp3) is 0.923. The maximum Gasteiger partial charge on any atom is 0.305 e. The first-order valence-corrected chi connectivity index (χ1v) is 6.82. The Morgan fingerprint density at radius 1 is 1.44 bits per heavy atom. The molecule has 18 heavy (non-hydrogen) atoms. The molecule has 0 amide bonds. The number of hydrogen-bond donors (Lipinski definition) is 4. The highest BCUT2D eigenvalue weighted by Crippen LogP contribution is 2.34. The van der Waals surface area contributed by atoms with Crippen LogP contribution in [0.15, 0.2) is 0 Å². The number of carboxylic acid groups (broad SMARTS) is 1. The van der Waals surface area contributed by atoms with Crippen LogP contribution in [0.2, 0.25) is 0 Å². The van der Waals surface area contributed by atoms with Crippen LogP contribution < -0.4 is 10.6 Å². The van der Waals surface area contributed by atoms with Crippen molar-refractivity contribution in [2.24, 2.45) is 5.92 Å². The Bertz CT molecular complexity index is 317. The van der Waals surface area contributed by atoms with Gasteiger partial charge in [-0.1, -0.05) is 19.8 Å².